The summed E-state index contributed by atoms with van der Waals surface area (Å²) in [5, 5.41) is 11.7. The Kier molecular flexibility index (Phi) is 4.90. The maximum absolute atomic E-state index is 13.4. The van der Waals surface area contributed by atoms with Crippen LogP contribution in [0.3, 0.4) is 0 Å². The Bertz CT molecular complexity index is 1170. The Morgan fingerprint density at radius 1 is 1.31 bits per heavy atom. The minimum Gasteiger partial charge on any atom is -0.390 e. The Hall–Kier alpha value is -1.77. The number of nitrogens with zero attached hydrogens (tertiary/aromatic N) is 1. The predicted octanol–water partition coefficient (Wildman–Crippen LogP) is 3.95. The highest BCUT2D eigenvalue weighted by Gasteiger charge is 2.59. The van der Waals surface area contributed by atoms with E-state index < -0.39 is 15.7 Å². The molecule has 32 heavy (non-hydrogen) atoms. The number of hydrogen-bond donors (Lipinski definition) is 2. The third-order valence-corrected chi connectivity index (χ3v) is 8.31. The van der Waals surface area contributed by atoms with Crippen molar-refractivity contribution in [2.75, 3.05) is 6.26 Å². The lowest BCUT2D eigenvalue weighted by Gasteiger charge is -2.63. The van der Waals surface area contributed by atoms with Crippen LogP contribution in [-0.2, 0) is 14.9 Å². The lowest BCUT2D eigenvalue weighted by Crippen LogP contribution is -2.68. The number of halogens is 1. The first kappa shape index (κ1) is 22.0. The van der Waals surface area contributed by atoms with Crippen molar-refractivity contribution in [2.45, 2.75) is 76.0 Å². The highest BCUT2D eigenvalue weighted by atomic mass is 35.5. The molecule has 3 unspecified atom stereocenters. The van der Waals surface area contributed by atoms with E-state index in [1.54, 1.807) is 18.3 Å². The fourth-order valence-corrected chi connectivity index (χ4v) is 7.52. The second-order valence-electron chi connectivity index (χ2n) is 10.6. The van der Waals surface area contributed by atoms with Gasteiger partial charge in [-0.15, -0.1) is 0 Å². The molecular weight excluding hydrogens is 452 g/mol. The van der Waals surface area contributed by atoms with Crippen molar-refractivity contribution in [3.8, 4) is 5.75 Å². The fraction of sp³-hybridized carbons (Fsp3) is 0.609. The summed E-state index contributed by atoms with van der Waals surface area (Å²) in [5.41, 5.74) is 0.987. The maximum atomic E-state index is 13.4. The third kappa shape index (κ3) is 3.70. The second kappa shape index (κ2) is 7.11. The number of nitrogens with one attached hydrogen (secondary N) is 1. The van der Waals surface area contributed by atoms with Crippen molar-refractivity contribution >= 4 is 38.5 Å². The van der Waals surface area contributed by atoms with Crippen LogP contribution < -0.4 is 4.18 Å². The summed E-state index contributed by atoms with van der Waals surface area (Å²) >= 11 is 6.28. The van der Waals surface area contributed by atoms with Gasteiger partial charge in [-0.2, -0.15) is 8.42 Å². The smallest absolute Gasteiger partial charge is 0.306 e. The SMILES string of the molecule is CC(CC(=O)N1C2CC3(C)CC1CC(O)(C2)C3)c1c[nH]c2ccc(Cl)c(OS(C)(=O)=O)c12. The van der Waals surface area contributed by atoms with Crippen molar-refractivity contribution in [1.82, 2.24) is 9.88 Å². The zero-order valence-corrected chi connectivity index (χ0v) is 20.1. The molecule has 174 valence electrons. The van der Waals surface area contributed by atoms with E-state index in [1.807, 2.05) is 11.8 Å². The number of H-pyrrole nitrogens is 1. The number of benzene rings is 1. The molecule has 3 heterocycles. The number of carbonyl (C=O) groups excluding carboxylic acids is 1. The van der Waals surface area contributed by atoms with Gasteiger partial charge in [-0.1, -0.05) is 25.4 Å². The first-order valence-corrected chi connectivity index (χ1v) is 13.3. The third-order valence-electron chi connectivity index (χ3n) is 7.55. The van der Waals surface area contributed by atoms with Crippen LogP contribution in [0, 0.1) is 5.41 Å². The molecule has 2 saturated heterocycles. The molecule has 1 amide bonds. The molecule has 1 aromatic carbocycles. The van der Waals surface area contributed by atoms with Gasteiger partial charge in [0, 0.05) is 35.6 Å². The Balaban J connectivity index is 1.42. The van der Waals surface area contributed by atoms with Gasteiger partial charge in [0.05, 0.1) is 16.9 Å². The van der Waals surface area contributed by atoms with Gasteiger partial charge < -0.3 is 19.2 Å². The minimum absolute atomic E-state index is 0.0838. The average molecular weight is 481 g/mol. The molecule has 4 aliphatic rings. The van der Waals surface area contributed by atoms with Crippen molar-refractivity contribution in [3.63, 3.8) is 0 Å². The van der Waals surface area contributed by atoms with E-state index in [0.29, 0.717) is 30.2 Å². The molecule has 2 aliphatic heterocycles. The molecule has 2 saturated carbocycles. The summed E-state index contributed by atoms with van der Waals surface area (Å²) in [6, 6.07) is 3.54. The molecule has 2 aromatic rings. The number of hydrogen-bond acceptors (Lipinski definition) is 5. The van der Waals surface area contributed by atoms with Gasteiger partial charge in [0.2, 0.25) is 5.91 Å². The van der Waals surface area contributed by atoms with Crippen LogP contribution in [0.15, 0.2) is 18.3 Å². The topological polar surface area (TPSA) is 99.7 Å². The molecule has 6 rings (SSSR count). The molecule has 2 N–H and O–H groups in total. The lowest BCUT2D eigenvalue weighted by molar-refractivity contribution is -0.193. The van der Waals surface area contributed by atoms with Crippen LogP contribution in [0.5, 0.6) is 5.75 Å². The summed E-state index contributed by atoms with van der Waals surface area (Å²) in [4.78, 5) is 18.6. The van der Waals surface area contributed by atoms with Gasteiger partial charge in [-0.25, -0.2) is 0 Å². The van der Waals surface area contributed by atoms with Crippen molar-refractivity contribution in [2.24, 2.45) is 5.41 Å². The van der Waals surface area contributed by atoms with Crippen LogP contribution >= 0.6 is 11.6 Å². The van der Waals surface area contributed by atoms with Crippen LogP contribution in [0.2, 0.25) is 5.02 Å². The second-order valence-corrected chi connectivity index (χ2v) is 12.6. The number of aromatic amines is 1. The molecule has 7 nitrogen and oxygen atoms in total. The number of piperidine rings is 2. The van der Waals surface area contributed by atoms with E-state index in [0.717, 1.165) is 31.1 Å². The average Bonchev–Trinajstić information content (AvgIpc) is 3.05. The van der Waals surface area contributed by atoms with E-state index in [1.165, 1.54) is 0 Å². The predicted molar refractivity (Wildman–Crippen MR) is 122 cm³/mol. The maximum Gasteiger partial charge on any atom is 0.306 e. The summed E-state index contributed by atoms with van der Waals surface area (Å²) in [6.45, 7) is 4.19. The van der Waals surface area contributed by atoms with Crippen LogP contribution in [0.1, 0.15) is 63.9 Å². The minimum atomic E-state index is -3.77. The molecule has 0 radical (unpaired) electrons. The molecule has 2 aliphatic carbocycles. The van der Waals surface area contributed by atoms with Gasteiger partial charge in [-0.3, -0.25) is 4.79 Å². The highest BCUT2D eigenvalue weighted by molar-refractivity contribution is 7.86. The highest BCUT2D eigenvalue weighted by Crippen LogP contribution is 2.57. The Morgan fingerprint density at radius 3 is 2.56 bits per heavy atom. The van der Waals surface area contributed by atoms with E-state index in [2.05, 4.69) is 11.9 Å². The summed E-state index contributed by atoms with van der Waals surface area (Å²) in [7, 11) is -3.77. The van der Waals surface area contributed by atoms with Gasteiger partial charge >= 0.3 is 10.1 Å². The molecule has 4 fully saturated rings. The lowest BCUT2D eigenvalue weighted by atomic mass is 9.54. The summed E-state index contributed by atoms with van der Waals surface area (Å²) in [6.07, 6.45) is 7.12. The Labute approximate surface area is 193 Å². The summed E-state index contributed by atoms with van der Waals surface area (Å²) < 4.78 is 28.8. The number of aromatic nitrogens is 1. The monoisotopic (exact) mass is 480 g/mol. The van der Waals surface area contributed by atoms with E-state index in [4.69, 9.17) is 15.8 Å². The Morgan fingerprint density at radius 2 is 1.97 bits per heavy atom. The largest absolute Gasteiger partial charge is 0.390 e. The fourth-order valence-electron chi connectivity index (χ4n) is 6.80. The quantitative estimate of drug-likeness (QED) is 0.631. The molecule has 3 atom stereocenters. The molecule has 4 bridgehead atoms. The molecule has 0 spiro atoms. The van der Waals surface area contributed by atoms with Crippen LogP contribution in [0.4, 0.5) is 0 Å². The number of rotatable bonds is 5. The van der Waals surface area contributed by atoms with Gasteiger partial charge in [0.1, 0.15) is 0 Å². The van der Waals surface area contributed by atoms with Crippen LogP contribution in [-0.4, -0.2) is 53.3 Å². The van der Waals surface area contributed by atoms with E-state index in [9.17, 15) is 18.3 Å². The van der Waals surface area contributed by atoms with Gasteiger partial charge in [0.25, 0.3) is 0 Å². The van der Waals surface area contributed by atoms with Gasteiger partial charge in [0.15, 0.2) is 5.75 Å². The van der Waals surface area contributed by atoms with Crippen molar-refractivity contribution in [3.05, 3.63) is 28.9 Å². The number of fused-ring (bicyclic) bond motifs is 1. The van der Waals surface area contributed by atoms with Crippen LogP contribution in [0.25, 0.3) is 10.9 Å². The molecular formula is C23H29ClN2O5S. The number of amides is 1. The molecule has 9 heteroatoms. The summed E-state index contributed by atoms with van der Waals surface area (Å²) in [5.74, 6) is 0.000222. The van der Waals surface area contributed by atoms with Gasteiger partial charge in [-0.05, 0) is 61.1 Å². The van der Waals surface area contributed by atoms with Crippen molar-refractivity contribution < 1.29 is 22.5 Å². The number of aliphatic hydroxyl groups is 1. The molecule has 1 aromatic heterocycles. The number of carbonyl (C=O) groups is 1. The zero-order valence-electron chi connectivity index (χ0n) is 18.5. The van der Waals surface area contributed by atoms with E-state index in [-0.39, 0.29) is 40.1 Å². The zero-order chi connectivity index (χ0) is 23.1. The van der Waals surface area contributed by atoms with E-state index >= 15 is 0 Å². The first-order chi connectivity index (χ1) is 14.9. The van der Waals surface area contributed by atoms with Crippen molar-refractivity contribution in [1.29, 1.82) is 0 Å². The standard InChI is InChI=1S/C23H29ClN2O5S/c1-13(16-11-25-18-5-4-17(24)21(20(16)18)31-32(3,29)30)6-19(27)26-14-7-22(2)8-15(26)10-23(28,9-14)12-22/h4-5,11,13-15,25,28H,6-10,12H2,1-3H3. The first-order valence-electron chi connectivity index (χ1n) is 11.1. The normalized spacial score (nSPS) is 32.5.